The summed E-state index contributed by atoms with van der Waals surface area (Å²) in [6.07, 6.45) is -1.80. The van der Waals surface area contributed by atoms with Gasteiger partial charge in [0.25, 0.3) is 0 Å². The molecule has 0 saturated carbocycles. The summed E-state index contributed by atoms with van der Waals surface area (Å²) in [5.41, 5.74) is 1.45. The van der Waals surface area contributed by atoms with Gasteiger partial charge in [-0.15, -0.1) is 0 Å². The Morgan fingerprint density at radius 3 is 1.17 bits per heavy atom. The topological polar surface area (TPSA) is 40.5 Å². The first kappa shape index (κ1) is 14.2. The highest BCUT2D eigenvalue weighted by Crippen LogP contribution is 2.29. The number of hydrogen-bond acceptors (Lipinski definition) is 2. The molecule has 94 valence electrons. The second-order valence-corrected chi connectivity index (χ2v) is 6.48. The Morgan fingerprint density at radius 1 is 0.611 bits per heavy atom. The van der Waals surface area contributed by atoms with Crippen LogP contribution in [0.5, 0.6) is 0 Å². The first-order valence-corrected chi connectivity index (χ1v) is 7.61. The van der Waals surface area contributed by atoms with Gasteiger partial charge in [0.15, 0.2) is 0 Å². The molecule has 0 bridgehead atoms. The molecule has 0 aliphatic carbocycles. The van der Waals surface area contributed by atoms with E-state index in [1.807, 2.05) is 48.5 Å². The fourth-order valence-corrected chi connectivity index (χ4v) is 2.40. The molecule has 2 nitrogen and oxygen atoms in total. The summed E-state index contributed by atoms with van der Waals surface area (Å²) in [5, 5.41) is 20.3. The summed E-state index contributed by atoms with van der Waals surface area (Å²) >= 11 is 4.41. The molecule has 2 N–H and O–H groups in total. The predicted octanol–water partition coefficient (Wildman–Crippen LogP) is 3.66. The maximum absolute atomic E-state index is 10.1. The molecule has 18 heavy (non-hydrogen) atoms. The van der Waals surface area contributed by atoms with Crippen molar-refractivity contribution >= 4 is 45.2 Å². The molecule has 0 saturated heterocycles. The SMILES string of the molecule is OC(c1ccc(I)cc1)C(O)c1ccc(I)cc1. The van der Waals surface area contributed by atoms with Crippen LogP contribution in [0.1, 0.15) is 23.3 Å². The number of rotatable bonds is 3. The van der Waals surface area contributed by atoms with Gasteiger partial charge in [0.05, 0.1) is 0 Å². The highest BCUT2D eigenvalue weighted by molar-refractivity contribution is 14.1. The van der Waals surface area contributed by atoms with Crippen LogP contribution >= 0.6 is 45.2 Å². The van der Waals surface area contributed by atoms with Crippen LogP contribution in [-0.2, 0) is 0 Å². The van der Waals surface area contributed by atoms with Crippen molar-refractivity contribution in [2.24, 2.45) is 0 Å². The molecule has 0 amide bonds. The largest absolute Gasteiger partial charge is 0.385 e. The van der Waals surface area contributed by atoms with Crippen molar-refractivity contribution in [2.45, 2.75) is 12.2 Å². The zero-order chi connectivity index (χ0) is 13.1. The third-order valence-electron chi connectivity index (χ3n) is 2.72. The maximum atomic E-state index is 10.1. The van der Waals surface area contributed by atoms with E-state index in [0.29, 0.717) is 0 Å². The lowest BCUT2D eigenvalue weighted by Gasteiger charge is -2.18. The molecule has 0 aliphatic heterocycles. The third-order valence-corrected chi connectivity index (χ3v) is 4.16. The molecule has 0 aliphatic rings. The Labute approximate surface area is 133 Å². The fraction of sp³-hybridized carbons (Fsp3) is 0.143. The van der Waals surface area contributed by atoms with Crippen LogP contribution in [0.3, 0.4) is 0 Å². The summed E-state index contributed by atoms with van der Waals surface area (Å²) in [4.78, 5) is 0. The number of aliphatic hydroxyl groups excluding tert-OH is 2. The van der Waals surface area contributed by atoms with Crippen LogP contribution in [0.2, 0.25) is 0 Å². The molecule has 0 radical (unpaired) electrons. The van der Waals surface area contributed by atoms with Crippen molar-refractivity contribution in [2.75, 3.05) is 0 Å². The third kappa shape index (κ3) is 3.43. The normalized spacial score (nSPS) is 14.2. The summed E-state index contributed by atoms with van der Waals surface area (Å²) < 4.78 is 2.21. The van der Waals surface area contributed by atoms with Gasteiger partial charge >= 0.3 is 0 Å². The molecular weight excluding hydrogens is 454 g/mol. The highest BCUT2D eigenvalue weighted by atomic mass is 127. The minimum Gasteiger partial charge on any atom is -0.385 e. The second-order valence-electron chi connectivity index (χ2n) is 3.99. The van der Waals surface area contributed by atoms with E-state index in [1.165, 1.54) is 0 Å². The Hall–Kier alpha value is -0.180. The zero-order valence-electron chi connectivity index (χ0n) is 9.42. The van der Waals surface area contributed by atoms with Gasteiger partial charge < -0.3 is 10.2 Å². The average molecular weight is 466 g/mol. The molecule has 0 heterocycles. The van der Waals surface area contributed by atoms with E-state index >= 15 is 0 Å². The van der Waals surface area contributed by atoms with E-state index in [-0.39, 0.29) is 0 Å². The van der Waals surface area contributed by atoms with Gasteiger partial charge in [-0.1, -0.05) is 24.3 Å². The van der Waals surface area contributed by atoms with Crippen LogP contribution in [0.15, 0.2) is 48.5 Å². The van der Waals surface area contributed by atoms with Gasteiger partial charge in [0.2, 0.25) is 0 Å². The van der Waals surface area contributed by atoms with Gasteiger partial charge in [-0.05, 0) is 80.6 Å². The fourth-order valence-electron chi connectivity index (χ4n) is 1.68. The molecule has 2 aromatic carbocycles. The van der Waals surface area contributed by atoms with Crippen LogP contribution in [-0.4, -0.2) is 10.2 Å². The summed E-state index contributed by atoms with van der Waals surface area (Å²) in [7, 11) is 0. The van der Waals surface area contributed by atoms with Crippen LogP contribution in [0.25, 0.3) is 0 Å². The maximum Gasteiger partial charge on any atom is 0.109 e. The highest BCUT2D eigenvalue weighted by Gasteiger charge is 2.19. The molecule has 0 aromatic heterocycles. The van der Waals surface area contributed by atoms with Gasteiger partial charge in [0, 0.05) is 7.14 Å². The van der Waals surface area contributed by atoms with Gasteiger partial charge in [-0.25, -0.2) is 0 Å². The summed E-state index contributed by atoms with van der Waals surface area (Å²) in [6, 6.07) is 15.0. The Kier molecular flexibility index (Phi) is 4.99. The molecule has 2 unspecified atom stereocenters. The van der Waals surface area contributed by atoms with Crippen molar-refractivity contribution in [3.05, 3.63) is 66.8 Å². The van der Waals surface area contributed by atoms with E-state index in [2.05, 4.69) is 45.2 Å². The molecule has 2 atom stereocenters. The quantitative estimate of drug-likeness (QED) is 0.679. The minimum atomic E-state index is -0.901. The Balaban J connectivity index is 2.20. The van der Waals surface area contributed by atoms with E-state index in [1.54, 1.807) is 0 Å². The van der Waals surface area contributed by atoms with Crippen molar-refractivity contribution < 1.29 is 10.2 Å². The molecule has 0 fully saturated rings. The Morgan fingerprint density at radius 2 is 0.889 bits per heavy atom. The van der Waals surface area contributed by atoms with Crippen molar-refractivity contribution in [1.29, 1.82) is 0 Å². The van der Waals surface area contributed by atoms with Crippen LogP contribution in [0, 0.1) is 7.14 Å². The van der Waals surface area contributed by atoms with E-state index in [9.17, 15) is 10.2 Å². The van der Waals surface area contributed by atoms with Gasteiger partial charge in [0.1, 0.15) is 12.2 Å². The summed E-state index contributed by atoms with van der Waals surface area (Å²) in [5.74, 6) is 0. The van der Waals surface area contributed by atoms with E-state index in [0.717, 1.165) is 18.3 Å². The second kappa shape index (κ2) is 6.31. The molecule has 4 heteroatoms. The first-order chi connectivity index (χ1) is 8.58. The molecule has 2 rings (SSSR count). The minimum absolute atomic E-state index is 0.724. The molecule has 2 aromatic rings. The van der Waals surface area contributed by atoms with Crippen LogP contribution in [0.4, 0.5) is 0 Å². The summed E-state index contributed by atoms with van der Waals surface area (Å²) in [6.45, 7) is 0. The monoisotopic (exact) mass is 466 g/mol. The lowest BCUT2D eigenvalue weighted by molar-refractivity contribution is 0.0172. The number of aliphatic hydroxyl groups is 2. The van der Waals surface area contributed by atoms with Crippen molar-refractivity contribution in [1.82, 2.24) is 0 Å². The number of benzene rings is 2. The molecular formula is C14H12I2O2. The van der Waals surface area contributed by atoms with Crippen molar-refractivity contribution in [3.63, 3.8) is 0 Å². The van der Waals surface area contributed by atoms with Gasteiger partial charge in [-0.3, -0.25) is 0 Å². The van der Waals surface area contributed by atoms with Crippen molar-refractivity contribution in [3.8, 4) is 0 Å². The van der Waals surface area contributed by atoms with Crippen LogP contribution < -0.4 is 0 Å². The van der Waals surface area contributed by atoms with E-state index in [4.69, 9.17) is 0 Å². The number of hydrogen-bond donors (Lipinski definition) is 2. The molecule has 0 spiro atoms. The first-order valence-electron chi connectivity index (χ1n) is 5.45. The standard InChI is InChI=1S/C14H12I2O2/c15-11-5-1-9(2-6-11)13(17)14(18)10-3-7-12(16)8-4-10/h1-8,13-14,17-18H. The lowest BCUT2D eigenvalue weighted by atomic mass is 9.98. The predicted molar refractivity (Wildman–Crippen MR) is 88.2 cm³/mol. The number of halogens is 2. The Bertz CT molecular complexity index is 459. The average Bonchev–Trinajstić information content (AvgIpc) is 2.39. The van der Waals surface area contributed by atoms with Gasteiger partial charge in [-0.2, -0.15) is 0 Å². The van der Waals surface area contributed by atoms with E-state index < -0.39 is 12.2 Å². The smallest absolute Gasteiger partial charge is 0.109 e. The zero-order valence-corrected chi connectivity index (χ0v) is 13.7. The lowest BCUT2D eigenvalue weighted by Crippen LogP contribution is -2.10.